The van der Waals surface area contributed by atoms with Crippen LogP contribution in [-0.2, 0) is 14.2 Å². The zero-order chi connectivity index (χ0) is 19.6. The molecule has 6 fully saturated rings. The molecular formula is C24H38O4. The molecule has 0 radical (unpaired) electrons. The van der Waals surface area contributed by atoms with Crippen molar-refractivity contribution < 1.29 is 19.3 Å². The van der Waals surface area contributed by atoms with Gasteiger partial charge in [-0.05, 0) is 75.0 Å². The Bertz CT molecular complexity index is 691. The number of fused-ring (bicyclic) bond motifs is 3. The quantitative estimate of drug-likeness (QED) is 0.622. The van der Waals surface area contributed by atoms with Gasteiger partial charge in [-0.3, -0.25) is 0 Å². The van der Waals surface area contributed by atoms with Crippen LogP contribution in [0.3, 0.4) is 0 Å². The summed E-state index contributed by atoms with van der Waals surface area (Å²) in [6.07, 6.45) is 9.94. The fraction of sp³-hybridized carbons (Fsp3) is 1.00. The summed E-state index contributed by atoms with van der Waals surface area (Å²) in [5, 5.41) is 11.1. The van der Waals surface area contributed by atoms with Crippen molar-refractivity contribution in [3.63, 3.8) is 0 Å². The maximum Gasteiger partial charge on any atom is 0.171 e. The Kier molecular flexibility index (Phi) is 3.44. The molecule has 0 aromatic carbocycles. The van der Waals surface area contributed by atoms with Gasteiger partial charge in [0.1, 0.15) is 11.2 Å². The van der Waals surface area contributed by atoms with Crippen molar-refractivity contribution in [2.75, 3.05) is 13.2 Å². The summed E-state index contributed by atoms with van der Waals surface area (Å²) >= 11 is 0. The lowest BCUT2D eigenvalue weighted by Crippen LogP contribution is -2.59. The average molecular weight is 391 g/mol. The SMILES string of the molecule is CC1(C)COC2(CC[C@]34O[C@]3(CCC3C5CCC(C)(O)C5(C)CCC34)C2)OC1. The minimum Gasteiger partial charge on any atom is -0.390 e. The lowest BCUT2D eigenvalue weighted by molar-refractivity contribution is -0.315. The molecule has 0 amide bonds. The summed E-state index contributed by atoms with van der Waals surface area (Å²) < 4.78 is 19.5. The second-order valence-corrected chi connectivity index (χ2v) is 12.5. The molecule has 4 nitrogen and oxygen atoms in total. The molecule has 2 aliphatic heterocycles. The fourth-order valence-electron chi connectivity index (χ4n) is 8.53. The number of epoxide rings is 1. The Hall–Kier alpha value is -0.160. The van der Waals surface area contributed by atoms with Crippen LogP contribution in [0.5, 0.6) is 0 Å². The second-order valence-electron chi connectivity index (χ2n) is 12.5. The molecular weight excluding hydrogens is 352 g/mol. The van der Waals surface area contributed by atoms with Gasteiger partial charge >= 0.3 is 0 Å². The van der Waals surface area contributed by atoms with E-state index in [9.17, 15) is 5.11 Å². The Morgan fingerprint density at radius 3 is 2.25 bits per heavy atom. The number of hydrogen-bond acceptors (Lipinski definition) is 4. The van der Waals surface area contributed by atoms with E-state index in [1.165, 1.54) is 19.3 Å². The monoisotopic (exact) mass is 390 g/mol. The topological polar surface area (TPSA) is 51.2 Å². The third-order valence-electron chi connectivity index (χ3n) is 10.5. The van der Waals surface area contributed by atoms with Crippen LogP contribution in [0.25, 0.3) is 0 Å². The van der Waals surface area contributed by atoms with Crippen molar-refractivity contribution in [2.45, 2.75) is 108 Å². The first-order valence-electron chi connectivity index (χ1n) is 11.8. The van der Waals surface area contributed by atoms with Gasteiger partial charge in [-0.25, -0.2) is 0 Å². The summed E-state index contributed by atoms with van der Waals surface area (Å²) in [6.45, 7) is 10.5. The molecule has 0 bridgehead atoms. The van der Waals surface area contributed by atoms with Gasteiger partial charge in [-0.15, -0.1) is 0 Å². The number of ether oxygens (including phenoxy) is 3. The highest BCUT2D eigenvalue weighted by molar-refractivity contribution is 5.28. The minimum atomic E-state index is -0.494. The van der Waals surface area contributed by atoms with Crippen molar-refractivity contribution in [3.05, 3.63) is 0 Å². The molecule has 5 unspecified atom stereocenters. The second kappa shape index (κ2) is 5.18. The summed E-state index contributed by atoms with van der Waals surface area (Å²) in [5.41, 5.74) is -0.199. The molecule has 2 saturated heterocycles. The van der Waals surface area contributed by atoms with Crippen LogP contribution in [0, 0.1) is 28.6 Å². The van der Waals surface area contributed by atoms with E-state index in [4.69, 9.17) is 14.2 Å². The van der Waals surface area contributed by atoms with Gasteiger partial charge < -0.3 is 19.3 Å². The van der Waals surface area contributed by atoms with E-state index in [0.717, 1.165) is 57.7 Å². The molecule has 6 rings (SSSR count). The maximum atomic E-state index is 11.1. The molecule has 1 N–H and O–H groups in total. The first-order valence-corrected chi connectivity index (χ1v) is 11.8. The molecule has 0 aromatic rings. The standard InChI is InChI=1S/C24H38O4/c1-19(2)14-26-23(27-15-19)11-12-24-18-6-8-20(3)17(7-9-21(20,4)25)16(18)5-10-22(24,13-23)28-24/h16-18,25H,5-15H2,1-4H3/t16?,17?,18?,20?,21?,22-,24-/m1/s1. The highest BCUT2D eigenvalue weighted by Crippen LogP contribution is 2.75. The lowest BCUT2D eigenvalue weighted by atomic mass is 9.49. The maximum absolute atomic E-state index is 11.1. The van der Waals surface area contributed by atoms with Gasteiger partial charge in [-0.1, -0.05) is 20.8 Å². The van der Waals surface area contributed by atoms with Crippen molar-refractivity contribution in [1.82, 2.24) is 0 Å². The Morgan fingerprint density at radius 2 is 1.50 bits per heavy atom. The highest BCUT2D eigenvalue weighted by Gasteiger charge is 2.81. The summed E-state index contributed by atoms with van der Waals surface area (Å²) in [7, 11) is 0. The van der Waals surface area contributed by atoms with Crippen LogP contribution in [0.1, 0.15) is 85.5 Å². The normalized spacial score (nSPS) is 58.4. The predicted octanol–water partition coefficient (Wildman–Crippen LogP) is 4.43. The van der Waals surface area contributed by atoms with E-state index in [1.807, 2.05) is 0 Å². The smallest absolute Gasteiger partial charge is 0.171 e. The van der Waals surface area contributed by atoms with Crippen LogP contribution in [0.15, 0.2) is 0 Å². The van der Waals surface area contributed by atoms with Gasteiger partial charge in [0.25, 0.3) is 0 Å². The number of aliphatic hydroxyl groups is 1. The third-order valence-corrected chi connectivity index (χ3v) is 10.5. The Balaban J connectivity index is 1.25. The van der Waals surface area contributed by atoms with E-state index in [2.05, 4.69) is 27.7 Å². The third kappa shape index (κ3) is 2.11. The van der Waals surface area contributed by atoms with E-state index >= 15 is 0 Å². The van der Waals surface area contributed by atoms with Crippen molar-refractivity contribution in [1.29, 1.82) is 0 Å². The molecule has 6 aliphatic rings. The number of hydrogen-bond donors (Lipinski definition) is 1. The first-order chi connectivity index (χ1) is 13.1. The van der Waals surface area contributed by atoms with E-state index < -0.39 is 11.4 Å². The Labute approximate surface area is 169 Å². The zero-order valence-corrected chi connectivity index (χ0v) is 18.2. The summed E-state index contributed by atoms with van der Waals surface area (Å²) in [5.74, 6) is 1.66. The van der Waals surface area contributed by atoms with Crippen LogP contribution >= 0.6 is 0 Å². The van der Waals surface area contributed by atoms with E-state index in [1.54, 1.807) is 0 Å². The van der Waals surface area contributed by atoms with Gasteiger partial charge in [0, 0.05) is 18.3 Å². The Morgan fingerprint density at radius 1 is 0.786 bits per heavy atom. The van der Waals surface area contributed by atoms with Crippen LogP contribution in [0.4, 0.5) is 0 Å². The molecule has 1 spiro atoms. The average Bonchev–Trinajstić information content (AvgIpc) is 3.26. The molecule has 4 heteroatoms. The largest absolute Gasteiger partial charge is 0.390 e. The van der Waals surface area contributed by atoms with Gasteiger partial charge in [0.15, 0.2) is 5.79 Å². The van der Waals surface area contributed by atoms with Crippen LogP contribution in [-0.4, -0.2) is 40.9 Å². The molecule has 2 heterocycles. The highest BCUT2D eigenvalue weighted by atomic mass is 16.7. The van der Waals surface area contributed by atoms with Crippen molar-refractivity contribution in [3.8, 4) is 0 Å². The molecule has 158 valence electrons. The molecule has 7 atom stereocenters. The van der Waals surface area contributed by atoms with E-state index in [-0.39, 0.29) is 22.0 Å². The summed E-state index contributed by atoms with van der Waals surface area (Å²) in [6, 6.07) is 0. The zero-order valence-electron chi connectivity index (χ0n) is 18.2. The molecule has 4 aliphatic carbocycles. The fourth-order valence-corrected chi connectivity index (χ4v) is 8.53. The predicted molar refractivity (Wildman–Crippen MR) is 106 cm³/mol. The summed E-state index contributed by atoms with van der Waals surface area (Å²) in [4.78, 5) is 0. The molecule has 0 aromatic heterocycles. The minimum absolute atomic E-state index is 0.00274. The molecule has 4 saturated carbocycles. The van der Waals surface area contributed by atoms with Gasteiger partial charge in [0.2, 0.25) is 0 Å². The van der Waals surface area contributed by atoms with E-state index in [0.29, 0.717) is 11.8 Å². The van der Waals surface area contributed by atoms with Crippen LogP contribution in [0.2, 0.25) is 0 Å². The first kappa shape index (κ1) is 18.6. The van der Waals surface area contributed by atoms with Crippen LogP contribution < -0.4 is 0 Å². The lowest BCUT2D eigenvalue weighted by Gasteiger charge is -2.56. The molecule has 28 heavy (non-hydrogen) atoms. The van der Waals surface area contributed by atoms with Crippen molar-refractivity contribution in [2.24, 2.45) is 28.6 Å². The number of rotatable bonds is 0. The van der Waals surface area contributed by atoms with Gasteiger partial charge in [0.05, 0.1) is 18.8 Å². The van der Waals surface area contributed by atoms with Crippen molar-refractivity contribution >= 4 is 0 Å². The van der Waals surface area contributed by atoms with Gasteiger partial charge in [-0.2, -0.15) is 0 Å².